The van der Waals surface area contributed by atoms with Crippen LogP contribution in [0.15, 0.2) is 35.6 Å². The zero-order chi connectivity index (χ0) is 20.5. The molecule has 3 heteroatoms. The third-order valence-electron chi connectivity index (χ3n) is 4.25. The summed E-state index contributed by atoms with van der Waals surface area (Å²) in [6.07, 6.45) is 10.6. The lowest BCUT2D eigenvalue weighted by molar-refractivity contribution is -0.135. The molecule has 26 heavy (non-hydrogen) atoms. The van der Waals surface area contributed by atoms with Gasteiger partial charge in [-0.2, -0.15) is 0 Å². The minimum Gasteiger partial charge on any atom is -0.465 e. The minimum absolute atomic E-state index is 0.271. The van der Waals surface area contributed by atoms with Gasteiger partial charge in [0.15, 0.2) is 0 Å². The number of esters is 1. The highest BCUT2D eigenvalue weighted by molar-refractivity contribution is 5.91. The van der Waals surface area contributed by atoms with Gasteiger partial charge in [-0.25, -0.2) is 4.79 Å². The van der Waals surface area contributed by atoms with Gasteiger partial charge in [0, 0.05) is 18.3 Å². The van der Waals surface area contributed by atoms with E-state index in [-0.39, 0.29) is 5.97 Å². The summed E-state index contributed by atoms with van der Waals surface area (Å²) in [5, 5.41) is 0. The summed E-state index contributed by atoms with van der Waals surface area (Å²) >= 11 is 0. The predicted molar refractivity (Wildman–Crippen MR) is 115 cm³/mol. The number of methoxy groups -OCH3 is 1. The van der Waals surface area contributed by atoms with E-state index < -0.39 is 0 Å². The Labute approximate surface area is 163 Å². The quantitative estimate of drug-likeness (QED) is 0.373. The number of unbranched alkanes of at least 4 members (excludes halogenated alkanes) is 1. The fourth-order valence-electron chi connectivity index (χ4n) is 2.65. The van der Waals surface area contributed by atoms with E-state index in [0.29, 0.717) is 11.6 Å². The second-order valence-corrected chi connectivity index (χ2v) is 6.26. The van der Waals surface area contributed by atoms with E-state index in [1.54, 1.807) is 0 Å². The molecular formula is C23H43NO2. The Hall–Kier alpha value is -1.51. The predicted octanol–water partition coefficient (Wildman–Crippen LogP) is 6.66. The van der Waals surface area contributed by atoms with Crippen molar-refractivity contribution in [3.8, 4) is 0 Å². The average molecular weight is 366 g/mol. The van der Waals surface area contributed by atoms with Crippen molar-refractivity contribution < 1.29 is 9.53 Å². The van der Waals surface area contributed by atoms with Gasteiger partial charge in [-0.3, -0.25) is 0 Å². The number of hydrogen-bond donors (Lipinski definition) is 0. The van der Waals surface area contributed by atoms with E-state index in [9.17, 15) is 4.79 Å². The second-order valence-electron chi connectivity index (χ2n) is 6.26. The number of ether oxygens (including phenoxy) is 1. The summed E-state index contributed by atoms with van der Waals surface area (Å²) in [7, 11) is 1.42. The lowest BCUT2D eigenvalue weighted by Crippen LogP contribution is -2.28. The van der Waals surface area contributed by atoms with E-state index >= 15 is 0 Å². The van der Waals surface area contributed by atoms with Gasteiger partial charge < -0.3 is 9.64 Å². The van der Waals surface area contributed by atoms with Crippen LogP contribution < -0.4 is 0 Å². The van der Waals surface area contributed by atoms with Crippen LogP contribution in [0.5, 0.6) is 0 Å². The molecule has 0 saturated carbocycles. The first-order valence-electron chi connectivity index (χ1n) is 10.4. The third-order valence-corrected chi connectivity index (χ3v) is 4.25. The maximum absolute atomic E-state index is 11.7. The molecule has 152 valence electrons. The van der Waals surface area contributed by atoms with Crippen molar-refractivity contribution in [3.63, 3.8) is 0 Å². The molecule has 1 aliphatic heterocycles. The molecule has 0 bridgehead atoms. The molecule has 3 nitrogen and oxygen atoms in total. The molecule has 1 aliphatic rings. The molecule has 0 aromatic heterocycles. The molecule has 0 aromatic rings. The molecule has 1 atom stereocenters. The highest BCUT2D eigenvalue weighted by Gasteiger charge is 2.24. The van der Waals surface area contributed by atoms with Crippen molar-refractivity contribution in [2.45, 2.75) is 93.0 Å². The van der Waals surface area contributed by atoms with Crippen LogP contribution in [0, 0.1) is 0 Å². The number of nitrogens with zero attached hydrogens (tertiary/aromatic N) is 1. The third kappa shape index (κ3) is 9.84. The Morgan fingerprint density at radius 2 is 1.77 bits per heavy atom. The summed E-state index contributed by atoms with van der Waals surface area (Å²) in [4.78, 5) is 14.1. The Balaban J connectivity index is 0. The molecule has 1 fully saturated rings. The molecule has 0 aromatic carbocycles. The van der Waals surface area contributed by atoms with Crippen molar-refractivity contribution in [1.29, 1.82) is 0 Å². The van der Waals surface area contributed by atoms with Crippen LogP contribution in [-0.4, -0.2) is 30.6 Å². The SMILES string of the molecule is C=C1/C(=C\C(=C/CC)C(=O)OC)CCN1C(C)CCC.CC.CCCC. The van der Waals surface area contributed by atoms with Crippen molar-refractivity contribution in [2.24, 2.45) is 0 Å². The number of rotatable bonds is 7. The number of allylic oxidation sites excluding steroid dienone is 2. The molecule has 0 N–H and O–H groups in total. The lowest BCUT2D eigenvalue weighted by atomic mass is 10.1. The fourth-order valence-corrected chi connectivity index (χ4v) is 2.65. The number of carbonyl (C=O) groups excluding carboxylic acids is 1. The molecule has 1 heterocycles. The smallest absolute Gasteiger partial charge is 0.337 e. The van der Waals surface area contributed by atoms with Crippen LogP contribution >= 0.6 is 0 Å². The normalized spacial score (nSPS) is 16.5. The molecular weight excluding hydrogens is 322 g/mol. The van der Waals surface area contributed by atoms with Gasteiger partial charge in [0.05, 0.1) is 12.7 Å². The zero-order valence-corrected chi connectivity index (χ0v) is 18.7. The summed E-state index contributed by atoms with van der Waals surface area (Å²) in [6.45, 7) is 20.0. The van der Waals surface area contributed by atoms with E-state index in [0.717, 1.165) is 30.7 Å². The van der Waals surface area contributed by atoms with Gasteiger partial charge in [0.1, 0.15) is 0 Å². The maximum Gasteiger partial charge on any atom is 0.337 e. The summed E-state index contributed by atoms with van der Waals surface area (Å²) in [5.74, 6) is -0.271. The molecule has 0 aliphatic carbocycles. The summed E-state index contributed by atoms with van der Waals surface area (Å²) in [5.41, 5.74) is 2.84. The monoisotopic (exact) mass is 365 g/mol. The van der Waals surface area contributed by atoms with Gasteiger partial charge >= 0.3 is 5.97 Å². The molecule has 0 amide bonds. The first-order valence-corrected chi connectivity index (χ1v) is 10.4. The van der Waals surface area contributed by atoms with Crippen LogP contribution in [0.25, 0.3) is 0 Å². The maximum atomic E-state index is 11.7. The lowest BCUT2D eigenvalue weighted by Gasteiger charge is -2.26. The van der Waals surface area contributed by atoms with E-state index in [2.05, 4.69) is 39.2 Å². The molecule has 1 saturated heterocycles. The molecule has 0 spiro atoms. The largest absolute Gasteiger partial charge is 0.465 e. The summed E-state index contributed by atoms with van der Waals surface area (Å²) < 4.78 is 4.83. The Kier molecular flexibility index (Phi) is 17.4. The van der Waals surface area contributed by atoms with Crippen LogP contribution in [0.4, 0.5) is 0 Å². The number of hydrogen-bond acceptors (Lipinski definition) is 3. The molecule has 1 rings (SSSR count). The molecule has 1 unspecified atom stereocenters. The van der Waals surface area contributed by atoms with Gasteiger partial charge in [-0.15, -0.1) is 0 Å². The van der Waals surface area contributed by atoms with E-state index in [1.165, 1.54) is 32.8 Å². The highest BCUT2D eigenvalue weighted by Crippen LogP contribution is 2.30. The Morgan fingerprint density at radius 3 is 2.19 bits per heavy atom. The summed E-state index contributed by atoms with van der Waals surface area (Å²) in [6, 6.07) is 0.509. The first kappa shape index (κ1) is 26.7. The van der Waals surface area contributed by atoms with Crippen molar-refractivity contribution in [2.75, 3.05) is 13.7 Å². The van der Waals surface area contributed by atoms with Crippen LogP contribution in [0.2, 0.25) is 0 Å². The standard InChI is InChI=1S/C17H27NO2.C4H10.C2H6/c1-6-8-13(3)18-11-10-15(14(18)4)12-16(9-7-2)17(19)20-5;1-3-4-2;1-2/h9,12-13H,4,6-8,10-11H2,1-3,5H3;3-4H2,1-2H3;1-2H3/b15-12-,16-9+;;. The van der Waals surface area contributed by atoms with Gasteiger partial charge in [0.2, 0.25) is 0 Å². The van der Waals surface area contributed by atoms with Crippen LogP contribution in [-0.2, 0) is 9.53 Å². The topological polar surface area (TPSA) is 29.5 Å². The number of likely N-dealkylation sites (tertiary alicyclic amines) is 1. The zero-order valence-electron chi connectivity index (χ0n) is 18.7. The highest BCUT2D eigenvalue weighted by atomic mass is 16.5. The van der Waals surface area contributed by atoms with Gasteiger partial charge in [0.25, 0.3) is 0 Å². The minimum atomic E-state index is -0.271. The van der Waals surface area contributed by atoms with Gasteiger partial charge in [-0.05, 0) is 37.8 Å². The Morgan fingerprint density at radius 1 is 1.19 bits per heavy atom. The first-order chi connectivity index (χ1) is 12.5. The van der Waals surface area contributed by atoms with E-state index in [4.69, 9.17) is 4.74 Å². The number of carbonyl (C=O) groups is 1. The van der Waals surface area contributed by atoms with E-state index in [1.807, 2.05) is 32.9 Å². The molecule has 0 radical (unpaired) electrons. The van der Waals surface area contributed by atoms with Crippen molar-refractivity contribution in [3.05, 3.63) is 35.6 Å². The Bertz CT molecular complexity index is 447. The second kappa shape index (κ2) is 16.9. The van der Waals surface area contributed by atoms with Gasteiger partial charge in [-0.1, -0.05) is 73.5 Å². The average Bonchev–Trinajstić information content (AvgIpc) is 3.03. The van der Waals surface area contributed by atoms with Crippen LogP contribution in [0.3, 0.4) is 0 Å². The van der Waals surface area contributed by atoms with Crippen molar-refractivity contribution >= 4 is 5.97 Å². The van der Waals surface area contributed by atoms with Crippen molar-refractivity contribution in [1.82, 2.24) is 4.90 Å². The fraction of sp³-hybridized carbons (Fsp3) is 0.696. The van der Waals surface area contributed by atoms with Crippen LogP contribution in [0.1, 0.15) is 87.0 Å².